The highest BCUT2D eigenvalue weighted by Gasteiger charge is 2.15. The van der Waals surface area contributed by atoms with Crippen LogP contribution in [0.15, 0.2) is 65.3 Å². The van der Waals surface area contributed by atoms with E-state index in [1.807, 2.05) is 0 Å². The van der Waals surface area contributed by atoms with Crippen LogP contribution < -0.4 is 10.6 Å². The van der Waals surface area contributed by atoms with E-state index in [1.54, 1.807) is 55.6 Å². The van der Waals surface area contributed by atoms with Gasteiger partial charge in [0.2, 0.25) is 5.82 Å². The predicted octanol–water partition coefficient (Wildman–Crippen LogP) is 4.00. The molecule has 2 aromatic heterocycles. The Bertz CT molecular complexity index is 1190. The minimum absolute atomic E-state index is 0.295. The summed E-state index contributed by atoms with van der Waals surface area (Å²) in [6.07, 6.45) is 1.57. The summed E-state index contributed by atoms with van der Waals surface area (Å²) in [5.41, 5.74) is 3.07. The summed E-state index contributed by atoms with van der Waals surface area (Å²) in [5, 5.41) is 7.63. The van der Waals surface area contributed by atoms with Gasteiger partial charge in [-0.3, -0.25) is 9.78 Å². The van der Waals surface area contributed by atoms with Gasteiger partial charge in [-0.1, -0.05) is 11.2 Å². The smallest absolute Gasteiger partial charge is 0.274 e. The summed E-state index contributed by atoms with van der Waals surface area (Å²) in [6, 6.07) is 14.9. The molecule has 0 aliphatic heterocycles. The van der Waals surface area contributed by atoms with E-state index in [1.165, 1.54) is 12.1 Å². The van der Waals surface area contributed by atoms with Gasteiger partial charge in [0, 0.05) is 23.0 Å². The van der Waals surface area contributed by atoms with Gasteiger partial charge >= 0.3 is 0 Å². The first-order valence-electron chi connectivity index (χ1n) is 8.74. The fourth-order valence-corrected chi connectivity index (χ4v) is 3.25. The van der Waals surface area contributed by atoms with Crippen LogP contribution in [0.2, 0.25) is 0 Å². The highest BCUT2D eigenvalue weighted by atomic mass is 31.0. The van der Waals surface area contributed by atoms with Gasteiger partial charge in [0.15, 0.2) is 0 Å². The number of pyridine rings is 1. The maximum atomic E-state index is 13.3. The molecule has 0 fully saturated rings. The lowest BCUT2D eigenvalue weighted by Gasteiger charge is -2.07. The molecular weight excluding hydrogens is 390 g/mol. The van der Waals surface area contributed by atoms with Crippen molar-refractivity contribution >= 4 is 26.1 Å². The molecule has 29 heavy (non-hydrogen) atoms. The summed E-state index contributed by atoms with van der Waals surface area (Å²) in [4.78, 5) is 20.7. The third-order valence-electron chi connectivity index (χ3n) is 4.29. The van der Waals surface area contributed by atoms with Crippen LogP contribution in [-0.2, 0) is 0 Å². The first-order valence-corrected chi connectivity index (χ1v) is 9.31. The van der Waals surface area contributed by atoms with Gasteiger partial charge in [-0.25, -0.2) is 4.39 Å². The molecule has 144 valence electrons. The SMILES string of the molecule is Cc1cc(F)ccc1-c1nc(-c2ccc(NC(=O)c3ccccn3)cc2P)no1. The van der Waals surface area contributed by atoms with Crippen LogP contribution in [0.25, 0.3) is 22.8 Å². The molecule has 1 amide bonds. The summed E-state index contributed by atoms with van der Waals surface area (Å²) in [5.74, 6) is 0.101. The van der Waals surface area contributed by atoms with Gasteiger partial charge in [0.1, 0.15) is 11.5 Å². The van der Waals surface area contributed by atoms with E-state index in [-0.39, 0.29) is 11.7 Å². The van der Waals surface area contributed by atoms with Crippen molar-refractivity contribution in [3.8, 4) is 22.8 Å². The van der Waals surface area contributed by atoms with Gasteiger partial charge in [-0.2, -0.15) is 4.98 Å². The summed E-state index contributed by atoms with van der Waals surface area (Å²) in [7, 11) is 2.60. The number of hydrogen-bond acceptors (Lipinski definition) is 5. The van der Waals surface area contributed by atoms with E-state index >= 15 is 0 Å². The number of carbonyl (C=O) groups excluding carboxylic acids is 1. The Morgan fingerprint density at radius 3 is 2.66 bits per heavy atom. The monoisotopic (exact) mass is 406 g/mol. The minimum atomic E-state index is -0.318. The third-order valence-corrected chi connectivity index (χ3v) is 4.77. The molecule has 0 bridgehead atoms. The molecule has 4 rings (SSSR count). The van der Waals surface area contributed by atoms with Crippen LogP contribution in [0.4, 0.5) is 10.1 Å². The topological polar surface area (TPSA) is 80.9 Å². The third kappa shape index (κ3) is 4.05. The zero-order valence-corrected chi connectivity index (χ0v) is 16.5. The first-order chi connectivity index (χ1) is 14.0. The standard InChI is InChI=1S/C21H16FN4O2P/c1-12-10-13(22)5-7-15(12)21-25-19(26-28-21)16-8-6-14(11-18(16)29)24-20(27)17-4-2-3-9-23-17/h2-11H,29H2,1H3,(H,24,27). The van der Waals surface area contributed by atoms with Crippen LogP contribution in [0.3, 0.4) is 0 Å². The fraction of sp³-hybridized carbons (Fsp3) is 0.0476. The predicted molar refractivity (Wildman–Crippen MR) is 111 cm³/mol. The van der Waals surface area contributed by atoms with Crippen LogP contribution in [0.1, 0.15) is 16.1 Å². The van der Waals surface area contributed by atoms with Crippen molar-refractivity contribution in [2.45, 2.75) is 6.92 Å². The maximum Gasteiger partial charge on any atom is 0.274 e. The van der Waals surface area contributed by atoms with Crippen molar-refractivity contribution in [2.75, 3.05) is 5.32 Å². The number of rotatable bonds is 4. The Balaban J connectivity index is 1.57. The summed E-state index contributed by atoms with van der Waals surface area (Å²) >= 11 is 0. The Labute approximate surface area is 168 Å². The molecule has 6 nitrogen and oxygen atoms in total. The van der Waals surface area contributed by atoms with Crippen molar-refractivity contribution in [2.24, 2.45) is 0 Å². The Morgan fingerprint density at radius 2 is 1.93 bits per heavy atom. The average Bonchev–Trinajstić information content (AvgIpc) is 3.18. The Kier molecular flexibility index (Phi) is 5.14. The molecule has 4 aromatic rings. The Hall–Kier alpha value is -3.44. The van der Waals surface area contributed by atoms with Gasteiger partial charge in [0.05, 0.1) is 0 Å². The van der Waals surface area contributed by atoms with E-state index < -0.39 is 0 Å². The molecule has 0 spiro atoms. The molecule has 0 saturated heterocycles. The number of nitrogens with one attached hydrogen (secondary N) is 1. The number of amides is 1. The Morgan fingerprint density at radius 1 is 1.10 bits per heavy atom. The van der Waals surface area contributed by atoms with E-state index in [4.69, 9.17) is 4.52 Å². The van der Waals surface area contributed by atoms with E-state index in [0.29, 0.717) is 34.2 Å². The molecule has 1 unspecified atom stereocenters. The minimum Gasteiger partial charge on any atom is -0.334 e. The first kappa shape index (κ1) is 18.9. The summed E-state index contributed by atoms with van der Waals surface area (Å²) in [6.45, 7) is 1.78. The number of halogens is 1. The lowest BCUT2D eigenvalue weighted by atomic mass is 10.1. The second-order valence-corrected chi connectivity index (χ2v) is 6.98. The van der Waals surface area contributed by atoms with Crippen LogP contribution in [-0.4, -0.2) is 21.0 Å². The molecule has 8 heteroatoms. The van der Waals surface area contributed by atoms with Crippen LogP contribution in [0.5, 0.6) is 0 Å². The quantitative estimate of drug-likeness (QED) is 0.518. The molecule has 0 aliphatic carbocycles. The number of hydrogen-bond donors (Lipinski definition) is 1. The molecular formula is C21H16FN4O2P. The number of aryl methyl sites for hydroxylation is 1. The van der Waals surface area contributed by atoms with Crippen LogP contribution in [0, 0.1) is 12.7 Å². The van der Waals surface area contributed by atoms with Crippen molar-refractivity contribution in [1.82, 2.24) is 15.1 Å². The number of benzene rings is 2. The lowest BCUT2D eigenvalue weighted by molar-refractivity contribution is 0.102. The molecule has 0 saturated carbocycles. The zero-order valence-electron chi connectivity index (χ0n) is 15.4. The largest absolute Gasteiger partial charge is 0.334 e. The summed E-state index contributed by atoms with van der Waals surface area (Å²) < 4.78 is 18.7. The lowest BCUT2D eigenvalue weighted by Crippen LogP contribution is -2.14. The fourth-order valence-electron chi connectivity index (χ4n) is 2.85. The average molecular weight is 406 g/mol. The van der Waals surface area contributed by atoms with Gasteiger partial charge < -0.3 is 9.84 Å². The van der Waals surface area contributed by atoms with Crippen molar-refractivity contribution in [3.05, 3.63) is 77.9 Å². The van der Waals surface area contributed by atoms with Crippen molar-refractivity contribution in [1.29, 1.82) is 0 Å². The van der Waals surface area contributed by atoms with Crippen molar-refractivity contribution in [3.63, 3.8) is 0 Å². The van der Waals surface area contributed by atoms with E-state index in [2.05, 4.69) is 29.7 Å². The molecule has 2 aromatic carbocycles. The highest BCUT2D eigenvalue weighted by Crippen LogP contribution is 2.26. The maximum absolute atomic E-state index is 13.3. The molecule has 1 atom stereocenters. The van der Waals surface area contributed by atoms with Gasteiger partial charge in [-0.05, 0) is 66.3 Å². The number of anilines is 1. The normalized spacial score (nSPS) is 10.7. The van der Waals surface area contributed by atoms with Gasteiger partial charge in [-0.15, -0.1) is 9.24 Å². The van der Waals surface area contributed by atoms with Crippen LogP contribution >= 0.6 is 9.24 Å². The number of nitrogens with zero attached hydrogens (tertiary/aromatic N) is 3. The number of aromatic nitrogens is 3. The molecule has 1 N–H and O–H groups in total. The van der Waals surface area contributed by atoms with E-state index in [0.717, 1.165) is 10.9 Å². The van der Waals surface area contributed by atoms with E-state index in [9.17, 15) is 9.18 Å². The highest BCUT2D eigenvalue weighted by molar-refractivity contribution is 7.28. The second-order valence-electron chi connectivity index (χ2n) is 6.35. The van der Waals surface area contributed by atoms with Gasteiger partial charge in [0.25, 0.3) is 11.8 Å². The zero-order chi connectivity index (χ0) is 20.4. The second kappa shape index (κ2) is 7.89. The van der Waals surface area contributed by atoms with Crippen molar-refractivity contribution < 1.29 is 13.7 Å². The molecule has 0 radical (unpaired) electrons. The number of carbonyl (C=O) groups is 1. The molecule has 2 heterocycles. The molecule has 0 aliphatic rings.